The molecule has 1 N–H and O–H groups in total. The SMILES string of the molecule is COc1cc(/C=C/C(=O)NCCc2ccccc2)ccc1OCc1ccc(C)cc1. The highest BCUT2D eigenvalue weighted by Crippen LogP contribution is 2.29. The fourth-order valence-corrected chi connectivity index (χ4v) is 2.96. The van der Waals surface area contributed by atoms with Crippen LogP contribution in [0.3, 0.4) is 0 Å². The zero-order chi connectivity index (χ0) is 21.2. The van der Waals surface area contributed by atoms with Crippen LogP contribution in [-0.2, 0) is 17.8 Å². The lowest BCUT2D eigenvalue weighted by molar-refractivity contribution is -0.116. The van der Waals surface area contributed by atoms with E-state index >= 15 is 0 Å². The third-order valence-corrected chi connectivity index (χ3v) is 4.69. The van der Waals surface area contributed by atoms with Crippen LogP contribution in [0.1, 0.15) is 22.3 Å². The number of hydrogen-bond donors (Lipinski definition) is 1. The molecule has 0 bridgehead atoms. The van der Waals surface area contributed by atoms with Gasteiger partial charge in [-0.3, -0.25) is 4.79 Å². The van der Waals surface area contributed by atoms with Crippen LogP contribution in [-0.4, -0.2) is 19.6 Å². The first-order valence-electron chi connectivity index (χ1n) is 10.0. The summed E-state index contributed by atoms with van der Waals surface area (Å²) >= 11 is 0. The van der Waals surface area contributed by atoms with Crippen molar-refractivity contribution in [3.05, 3.63) is 101 Å². The van der Waals surface area contributed by atoms with Crippen molar-refractivity contribution in [2.75, 3.05) is 13.7 Å². The van der Waals surface area contributed by atoms with Crippen molar-refractivity contribution in [1.29, 1.82) is 0 Å². The molecule has 0 aliphatic carbocycles. The van der Waals surface area contributed by atoms with E-state index in [2.05, 4.69) is 48.6 Å². The zero-order valence-electron chi connectivity index (χ0n) is 17.4. The van der Waals surface area contributed by atoms with Gasteiger partial charge >= 0.3 is 0 Å². The molecule has 30 heavy (non-hydrogen) atoms. The quantitative estimate of drug-likeness (QED) is 0.516. The summed E-state index contributed by atoms with van der Waals surface area (Å²) in [6, 6.07) is 23.9. The summed E-state index contributed by atoms with van der Waals surface area (Å²) in [4.78, 5) is 12.1. The predicted molar refractivity (Wildman–Crippen MR) is 121 cm³/mol. The first-order chi connectivity index (χ1) is 14.6. The fraction of sp³-hybridized carbons (Fsp3) is 0.192. The van der Waals surface area contributed by atoms with Crippen LogP contribution in [0.4, 0.5) is 0 Å². The third kappa shape index (κ3) is 6.52. The van der Waals surface area contributed by atoms with Crippen LogP contribution < -0.4 is 14.8 Å². The minimum atomic E-state index is -0.121. The molecule has 0 unspecified atom stereocenters. The van der Waals surface area contributed by atoms with Crippen molar-refractivity contribution in [3.8, 4) is 11.5 Å². The number of hydrogen-bond acceptors (Lipinski definition) is 3. The monoisotopic (exact) mass is 401 g/mol. The minimum absolute atomic E-state index is 0.121. The lowest BCUT2D eigenvalue weighted by Gasteiger charge is -2.11. The molecule has 4 heteroatoms. The second-order valence-electron chi connectivity index (χ2n) is 7.04. The van der Waals surface area contributed by atoms with Gasteiger partial charge in [-0.25, -0.2) is 0 Å². The van der Waals surface area contributed by atoms with E-state index in [9.17, 15) is 4.79 Å². The van der Waals surface area contributed by atoms with Gasteiger partial charge in [-0.15, -0.1) is 0 Å². The largest absolute Gasteiger partial charge is 0.493 e. The van der Waals surface area contributed by atoms with Gasteiger partial charge in [-0.05, 0) is 48.2 Å². The minimum Gasteiger partial charge on any atom is -0.493 e. The maximum atomic E-state index is 12.1. The van der Waals surface area contributed by atoms with Crippen LogP contribution in [0, 0.1) is 6.92 Å². The lowest BCUT2D eigenvalue weighted by Crippen LogP contribution is -2.23. The molecule has 3 aromatic carbocycles. The zero-order valence-corrected chi connectivity index (χ0v) is 17.4. The van der Waals surface area contributed by atoms with E-state index in [1.54, 1.807) is 13.2 Å². The van der Waals surface area contributed by atoms with Crippen LogP contribution >= 0.6 is 0 Å². The molecule has 0 saturated heterocycles. The maximum absolute atomic E-state index is 12.1. The molecule has 0 fully saturated rings. The Morgan fingerprint density at radius 3 is 2.43 bits per heavy atom. The lowest BCUT2D eigenvalue weighted by atomic mass is 10.1. The summed E-state index contributed by atoms with van der Waals surface area (Å²) in [7, 11) is 1.61. The van der Waals surface area contributed by atoms with E-state index in [0.29, 0.717) is 24.7 Å². The van der Waals surface area contributed by atoms with Crippen molar-refractivity contribution in [2.45, 2.75) is 20.0 Å². The van der Waals surface area contributed by atoms with E-state index < -0.39 is 0 Å². The van der Waals surface area contributed by atoms with Crippen LogP contribution in [0.2, 0.25) is 0 Å². The molecule has 0 aromatic heterocycles. The van der Waals surface area contributed by atoms with Crippen molar-refractivity contribution < 1.29 is 14.3 Å². The molecule has 0 atom stereocenters. The normalized spacial score (nSPS) is 10.7. The van der Waals surface area contributed by atoms with Gasteiger partial charge in [0.25, 0.3) is 0 Å². The molecular formula is C26H27NO3. The summed E-state index contributed by atoms with van der Waals surface area (Å²) in [5.74, 6) is 1.18. The second kappa shape index (κ2) is 10.9. The average Bonchev–Trinajstić information content (AvgIpc) is 2.78. The Morgan fingerprint density at radius 1 is 0.933 bits per heavy atom. The Bertz CT molecular complexity index is 979. The van der Waals surface area contributed by atoms with Gasteiger partial charge < -0.3 is 14.8 Å². The number of methoxy groups -OCH3 is 1. The van der Waals surface area contributed by atoms with Crippen LogP contribution in [0.5, 0.6) is 11.5 Å². The molecule has 0 aliphatic heterocycles. The van der Waals surface area contributed by atoms with Gasteiger partial charge in [-0.1, -0.05) is 66.2 Å². The molecule has 0 radical (unpaired) electrons. The number of carbonyl (C=O) groups excluding carboxylic acids is 1. The maximum Gasteiger partial charge on any atom is 0.244 e. The molecule has 0 spiro atoms. The predicted octanol–water partition coefficient (Wildman–Crippen LogP) is 4.95. The molecular weight excluding hydrogens is 374 g/mol. The summed E-state index contributed by atoms with van der Waals surface area (Å²) in [5.41, 5.74) is 4.39. The van der Waals surface area contributed by atoms with Gasteiger partial charge in [-0.2, -0.15) is 0 Å². The Morgan fingerprint density at radius 2 is 1.70 bits per heavy atom. The van der Waals surface area contributed by atoms with Gasteiger partial charge in [0.2, 0.25) is 5.91 Å². The van der Waals surface area contributed by atoms with Crippen molar-refractivity contribution in [3.63, 3.8) is 0 Å². The highest BCUT2D eigenvalue weighted by Gasteiger charge is 2.06. The van der Waals surface area contributed by atoms with Crippen molar-refractivity contribution in [2.24, 2.45) is 0 Å². The number of aryl methyl sites for hydroxylation is 1. The van der Waals surface area contributed by atoms with Crippen LogP contribution in [0.25, 0.3) is 6.08 Å². The summed E-state index contributed by atoms with van der Waals surface area (Å²) in [6.07, 6.45) is 4.11. The molecule has 3 aromatic rings. The number of ether oxygens (including phenoxy) is 2. The molecule has 0 aliphatic rings. The average molecular weight is 402 g/mol. The standard InChI is InChI=1S/C26H27NO3/c1-20-8-10-23(11-9-20)19-30-24-14-12-22(18-25(24)29-2)13-15-26(28)27-17-16-21-6-4-3-5-7-21/h3-15,18H,16-17,19H2,1-2H3,(H,27,28)/b15-13+. The first kappa shape index (κ1) is 21.2. The van der Waals surface area contributed by atoms with Crippen molar-refractivity contribution in [1.82, 2.24) is 5.32 Å². The topological polar surface area (TPSA) is 47.6 Å². The number of nitrogens with one attached hydrogen (secondary N) is 1. The van der Waals surface area contributed by atoms with Crippen molar-refractivity contribution >= 4 is 12.0 Å². The molecule has 154 valence electrons. The van der Waals surface area contributed by atoms with E-state index in [4.69, 9.17) is 9.47 Å². The summed E-state index contributed by atoms with van der Waals surface area (Å²) in [6.45, 7) is 3.13. The Labute approximate surface area is 178 Å². The Kier molecular flexibility index (Phi) is 7.67. The van der Waals surface area contributed by atoms with Gasteiger partial charge in [0.05, 0.1) is 7.11 Å². The Balaban J connectivity index is 1.53. The number of carbonyl (C=O) groups is 1. The third-order valence-electron chi connectivity index (χ3n) is 4.69. The highest BCUT2D eigenvalue weighted by atomic mass is 16.5. The second-order valence-corrected chi connectivity index (χ2v) is 7.04. The van der Waals surface area contributed by atoms with Gasteiger partial charge in [0.15, 0.2) is 11.5 Å². The molecule has 3 rings (SSSR count). The van der Waals surface area contributed by atoms with Gasteiger partial charge in [0, 0.05) is 12.6 Å². The van der Waals surface area contributed by atoms with Gasteiger partial charge in [0.1, 0.15) is 6.61 Å². The van der Waals surface area contributed by atoms with E-state index in [1.165, 1.54) is 17.2 Å². The van der Waals surface area contributed by atoms with E-state index in [0.717, 1.165) is 17.5 Å². The first-order valence-corrected chi connectivity index (χ1v) is 10.0. The molecule has 0 saturated carbocycles. The van der Waals surface area contributed by atoms with E-state index in [1.807, 2.05) is 36.4 Å². The fourth-order valence-electron chi connectivity index (χ4n) is 2.96. The number of benzene rings is 3. The number of amides is 1. The Hall–Kier alpha value is -3.53. The molecule has 1 amide bonds. The highest BCUT2D eigenvalue weighted by molar-refractivity contribution is 5.91. The number of rotatable bonds is 9. The molecule has 0 heterocycles. The van der Waals surface area contributed by atoms with E-state index in [-0.39, 0.29) is 5.91 Å². The van der Waals surface area contributed by atoms with Crippen LogP contribution in [0.15, 0.2) is 78.9 Å². The smallest absolute Gasteiger partial charge is 0.244 e. The summed E-state index contributed by atoms with van der Waals surface area (Å²) in [5, 5.41) is 2.90. The summed E-state index contributed by atoms with van der Waals surface area (Å²) < 4.78 is 11.4. The molecule has 4 nitrogen and oxygen atoms in total.